The summed E-state index contributed by atoms with van der Waals surface area (Å²) in [5.41, 5.74) is 6.48. The van der Waals surface area contributed by atoms with E-state index in [1.54, 1.807) is 18.2 Å². The molecule has 0 unspecified atom stereocenters. The number of nitrogens with one attached hydrogen (secondary N) is 2. The van der Waals surface area contributed by atoms with Crippen LogP contribution in [0.1, 0.15) is 5.56 Å². The summed E-state index contributed by atoms with van der Waals surface area (Å²) in [6.45, 7) is 0. The monoisotopic (exact) mass is 204 g/mol. The van der Waals surface area contributed by atoms with E-state index in [0.717, 1.165) is 0 Å². The first-order valence-corrected chi connectivity index (χ1v) is 4.19. The third-order valence-electron chi connectivity index (χ3n) is 2.17. The molecule has 0 aliphatic carbocycles. The van der Waals surface area contributed by atoms with Gasteiger partial charge in [0.15, 0.2) is 0 Å². The number of nitro groups is 1. The van der Waals surface area contributed by atoms with Crippen molar-refractivity contribution < 1.29 is 4.92 Å². The van der Waals surface area contributed by atoms with E-state index in [0.29, 0.717) is 16.5 Å². The number of nitrogens with zero attached hydrogens (tertiary/aromatic N) is 1. The number of aromatic amines is 1. The van der Waals surface area contributed by atoms with Crippen LogP contribution in [0.4, 0.5) is 5.69 Å². The maximum absolute atomic E-state index is 10.6. The van der Waals surface area contributed by atoms with Crippen molar-refractivity contribution in [2.24, 2.45) is 5.73 Å². The van der Waals surface area contributed by atoms with Gasteiger partial charge in [0.1, 0.15) is 5.84 Å². The number of fused-ring (bicyclic) bond motifs is 1. The lowest BCUT2D eigenvalue weighted by molar-refractivity contribution is -0.383. The van der Waals surface area contributed by atoms with E-state index in [2.05, 4.69) is 4.98 Å². The first-order valence-electron chi connectivity index (χ1n) is 4.19. The summed E-state index contributed by atoms with van der Waals surface area (Å²) in [5, 5.41) is 18.4. The molecule has 1 aromatic carbocycles. The highest BCUT2D eigenvalue weighted by Gasteiger charge is 2.13. The van der Waals surface area contributed by atoms with Gasteiger partial charge in [0.2, 0.25) is 0 Å². The Kier molecular flexibility index (Phi) is 1.89. The summed E-state index contributed by atoms with van der Waals surface area (Å²) in [6.07, 6.45) is 1.33. The Morgan fingerprint density at radius 3 is 2.87 bits per heavy atom. The molecule has 0 spiro atoms. The molecule has 1 heterocycles. The smallest absolute Gasteiger partial charge is 0.294 e. The lowest BCUT2D eigenvalue weighted by Gasteiger charge is -1.97. The van der Waals surface area contributed by atoms with Gasteiger partial charge in [-0.1, -0.05) is 6.07 Å². The molecule has 0 fully saturated rings. The molecule has 0 aliphatic heterocycles. The maximum Gasteiger partial charge on any atom is 0.294 e. The Labute approximate surface area is 84.4 Å². The fourth-order valence-corrected chi connectivity index (χ4v) is 1.43. The zero-order valence-electron chi connectivity index (χ0n) is 7.65. The zero-order valence-corrected chi connectivity index (χ0v) is 7.65. The average molecular weight is 204 g/mol. The van der Waals surface area contributed by atoms with Crippen LogP contribution in [-0.4, -0.2) is 15.7 Å². The zero-order chi connectivity index (χ0) is 11.0. The van der Waals surface area contributed by atoms with Gasteiger partial charge in [0.25, 0.3) is 5.69 Å². The molecule has 0 saturated heterocycles. The van der Waals surface area contributed by atoms with E-state index < -0.39 is 4.92 Å². The summed E-state index contributed by atoms with van der Waals surface area (Å²) in [6, 6.07) is 4.79. The minimum Gasteiger partial charge on any atom is -0.384 e. The molecule has 76 valence electrons. The van der Waals surface area contributed by atoms with Gasteiger partial charge in [-0.2, -0.15) is 0 Å². The largest absolute Gasteiger partial charge is 0.384 e. The summed E-state index contributed by atoms with van der Waals surface area (Å²) in [5.74, 6) is -0.0610. The fraction of sp³-hybridized carbons (Fsp3) is 0. The molecule has 2 aromatic rings. The van der Waals surface area contributed by atoms with Gasteiger partial charge in [0.05, 0.1) is 22.0 Å². The summed E-state index contributed by atoms with van der Waals surface area (Å²) >= 11 is 0. The number of nitrogen functional groups attached to an aromatic ring is 1. The van der Waals surface area contributed by atoms with Gasteiger partial charge in [-0.3, -0.25) is 15.5 Å². The van der Waals surface area contributed by atoms with Crippen molar-refractivity contribution in [3.05, 3.63) is 40.1 Å². The molecule has 6 heteroatoms. The van der Waals surface area contributed by atoms with Crippen LogP contribution in [0, 0.1) is 15.5 Å². The number of H-pyrrole nitrogens is 1. The molecule has 1 aromatic heterocycles. The molecule has 2 rings (SSSR count). The van der Waals surface area contributed by atoms with Crippen molar-refractivity contribution in [2.75, 3.05) is 0 Å². The number of hydrogen-bond acceptors (Lipinski definition) is 3. The molecule has 0 atom stereocenters. The second-order valence-electron chi connectivity index (χ2n) is 3.11. The standard InChI is InChI=1S/C9H8N4O2/c10-9(11)5-1-2-6-7(3-5)12-4-8(6)13(14)15/h1-4,12H,(H3,10,11). The number of nitrogens with two attached hydrogens (primary N) is 1. The Bertz CT molecular complexity index is 558. The third kappa shape index (κ3) is 1.41. The van der Waals surface area contributed by atoms with E-state index in [4.69, 9.17) is 11.1 Å². The summed E-state index contributed by atoms with van der Waals surface area (Å²) < 4.78 is 0. The molecule has 0 saturated carbocycles. The van der Waals surface area contributed by atoms with Crippen LogP contribution in [0.5, 0.6) is 0 Å². The minimum atomic E-state index is -0.452. The second-order valence-corrected chi connectivity index (χ2v) is 3.11. The van der Waals surface area contributed by atoms with Crippen LogP contribution in [0.15, 0.2) is 24.4 Å². The minimum absolute atomic E-state index is 0.0279. The van der Waals surface area contributed by atoms with Gasteiger partial charge in [-0.15, -0.1) is 0 Å². The predicted molar refractivity (Wildman–Crippen MR) is 56.0 cm³/mol. The highest BCUT2D eigenvalue weighted by molar-refractivity contribution is 6.00. The molecular weight excluding hydrogens is 196 g/mol. The van der Waals surface area contributed by atoms with Crippen molar-refractivity contribution in [1.29, 1.82) is 5.41 Å². The third-order valence-corrected chi connectivity index (χ3v) is 2.17. The fourth-order valence-electron chi connectivity index (χ4n) is 1.43. The normalized spacial score (nSPS) is 10.4. The van der Waals surface area contributed by atoms with Crippen molar-refractivity contribution in [2.45, 2.75) is 0 Å². The van der Waals surface area contributed by atoms with Crippen LogP contribution in [0.3, 0.4) is 0 Å². The molecule has 0 bridgehead atoms. The quantitative estimate of drug-likeness (QED) is 0.297. The summed E-state index contributed by atoms with van der Waals surface area (Å²) in [4.78, 5) is 12.9. The van der Waals surface area contributed by atoms with E-state index >= 15 is 0 Å². The Morgan fingerprint density at radius 2 is 2.27 bits per heavy atom. The van der Waals surface area contributed by atoms with Gasteiger partial charge >= 0.3 is 0 Å². The van der Waals surface area contributed by atoms with E-state index in [9.17, 15) is 10.1 Å². The van der Waals surface area contributed by atoms with Crippen LogP contribution < -0.4 is 5.73 Å². The number of benzene rings is 1. The molecular formula is C9H8N4O2. The molecule has 0 aliphatic rings. The van der Waals surface area contributed by atoms with E-state index in [-0.39, 0.29) is 11.5 Å². The molecule has 0 amide bonds. The summed E-state index contributed by atoms with van der Waals surface area (Å²) in [7, 11) is 0. The van der Waals surface area contributed by atoms with Crippen LogP contribution in [-0.2, 0) is 0 Å². The van der Waals surface area contributed by atoms with Crippen molar-refractivity contribution in [3.8, 4) is 0 Å². The highest BCUT2D eigenvalue weighted by Crippen LogP contribution is 2.25. The van der Waals surface area contributed by atoms with E-state index in [1.807, 2.05) is 0 Å². The first-order chi connectivity index (χ1) is 7.09. The van der Waals surface area contributed by atoms with Gasteiger partial charge in [-0.25, -0.2) is 0 Å². The number of amidine groups is 1. The SMILES string of the molecule is N=C(N)c1ccc2c([N+](=O)[O-])c[nH]c2c1. The van der Waals surface area contributed by atoms with Crippen molar-refractivity contribution in [1.82, 2.24) is 4.98 Å². The number of rotatable bonds is 2. The average Bonchev–Trinajstić information content (AvgIpc) is 2.59. The van der Waals surface area contributed by atoms with E-state index in [1.165, 1.54) is 6.20 Å². The second kappa shape index (κ2) is 3.09. The Morgan fingerprint density at radius 1 is 1.53 bits per heavy atom. The predicted octanol–water partition coefficient (Wildman–Crippen LogP) is 1.36. The number of aromatic nitrogens is 1. The van der Waals surface area contributed by atoms with Crippen molar-refractivity contribution >= 4 is 22.4 Å². The molecule has 6 nitrogen and oxygen atoms in total. The van der Waals surface area contributed by atoms with Gasteiger partial charge in [0, 0.05) is 5.56 Å². The molecule has 4 N–H and O–H groups in total. The lowest BCUT2D eigenvalue weighted by Crippen LogP contribution is -2.10. The molecule has 15 heavy (non-hydrogen) atoms. The molecule has 0 radical (unpaired) electrons. The first kappa shape index (κ1) is 9.20. The van der Waals surface area contributed by atoms with Crippen LogP contribution in [0.2, 0.25) is 0 Å². The number of hydrogen-bond donors (Lipinski definition) is 3. The highest BCUT2D eigenvalue weighted by atomic mass is 16.6. The van der Waals surface area contributed by atoms with Crippen molar-refractivity contribution in [3.63, 3.8) is 0 Å². The van der Waals surface area contributed by atoms with Crippen LogP contribution in [0.25, 0.3) is 10.9 Å². The topological polar surface area (TPSA) is 109 Å². The Balaban J connectivity index is 2.66. The van der Waals surface area contributed by atoms with Crippen LogP contribution >= 0.6 is 0 Å². The van der Waals surface area contributed by atoms with Gasteiger partial charge < -0.3 is 10.7 Å². The van der Waals surface area contributed by atoms with Gasteiger partial charge in [-0.05, 0) is 12.1 Å². The maximum atomic E-state index is 10.6. The Hall–Kier alpha value is -2.37. The lowest BCUT2D eigenvalue weighted by atomic mass is 10.1.